The van der Waals surface area contributed by atoms with Crippen molar-refractivity contribution < 1.29 is 13.6 Å². The molecule has 1 aromatic rings. The van der Waals surface area contributed by atoms with Gasteiger partial charge in [0.2, 0.25) is 0 Å². The Labute approximate surface area is 134 Å². The van der Waals surface area contributed by atoms with E-state index in [0.717, 1.165) is 19.3 Å². The van der Waals surface area contributed by atoms with Gasteiger partial charge < -0.3 is 0 Å². The first kappa shape index (κ1) is 18.3. The third-order valence-corrected chi connectivity index (χ3v) is 4.18. The Kier molecular flexibility index (Phi) is 8.74. The number of carbonyl (C=O) groups excluding carboxylic acids is 1. The third-order valence-electron chi connectivity index (χ3n) is 3.57. The lowest BCUT2D eigenvalue weighted by molar-refractivity contribution is -0.118. The van der Waals surface area contributed by atoms with Crippen molar-refractivity contribution in [2.24, 2.45) is 0 Å². The fourth-order valence-corrected chi connectivity index (χ4v) is 2.67. The van der Waals surface area contributed by atoms with E-state index in [-0.39, 0.29) is 22.2 Å². The molecule has 21 heavy (non-hydrogen) atoms. The first-order chi connectivity index (χ1) is 10.1. The van der Waals surface area contributed by atoms with Gasteiger partial charge in [0.15, 0.2) is 0 Å². The van der Waals surface area contributed by atoms with Gasteiger partial charge in [-0.25, -0.2) is 8.78 Å². The molecular weight excluding hydrogens is 338 g/mol. The minimum atomic E-state index is -0.664. The summed E-state index contributed by atoms with van der Waals surface area (Å²) in [7, 11) is 0. The average Bonchev–Trinajstić information content (AvgIpc) is 2.47. The average molecular weight is 361 g/mol. The molecule has 0 saturated heterocycles. The number of Topliss-reactive ketones (excluding diaryl/α,β-unsaturated/α-hetero) is 1. The molecule has 0 aliphatic rings. The van der Waals surface area contributed by atoms with E-state index in [1.165, 1.54) is 37.8 Å². The van der Waals surface area contributed by atoms with Crippen LogP contribution in [0.4, 0.5) is 8.78 Å². The Bertz CT molecular complexity index is 460. The maximum absolute atomic E-state index is 13.7. The van der Waals surface area contributed by atoms with Gasteiger partial charge in [0.25, 0.3) is 0 Å². The highest BCUT2D eigenvalue weighted by Gasteiger charge is 2.15. The zero-order valence-electron chi connectivity index (χ0n) is 12.6. The molecule has 118 valence electrons. The van der Waals surface area contributed by atoms with Crippen molar-refractivity contribution in [3.63, 3.8) is 0 Å². The molecule has 1 rings (SSSR count). The first-order valence-electron chi connectivity index (χ1n) is 7.70. The van der Waals surface area contributed by atoms with Crippen LogP contribution in [0, 0.1) is 11.6 Å². The van der Waals surface area contributed by atoms with Gasteiger partial charge in [0.05, 0.1) is 4.47 Å². The monoisotopic (exact) mass is 360 g/mol. The summed E-state index contributed by atoms with van der Waals surface area (Å²) in [4.78, 5) is 11.8. The number of unbranched alkanes of at least 4 members (excludes halogenated alkanes) is 6. The van der Waals surface area contributed by atoms with E-state index in [1.807, 2.05) is 0 Å². The zero-order chi connectivity index (χ0) is 15.7. The van der Waals surface area contributed by atoms with Crippen molar-refractivity contribution in [2.75, 3.05) is 0 Å². The van der Waals surface area contributed by atoms with Crippen LogP contribution in [-0.4, -0.2) is 5.78 Å². The van der Waals surface area contributed by atoms with Crippen LogP contribution in [0.5, 0.6) is 0 Å². The summed E-state index contributed by atoms with van der Waals surface area (Å²) in [5, 5.41) is 0. The molecule has 0 fully saturated rings. The molecule has 0 radical (unpaired) electrons. The normalized spacial score (nSPS) is 10.9. The molecule has 0 spiro atoms. The van der Waals surface area contributed by atoms with Crippen LogP contribution >= 0.6 is 15.9 Å². The van der Waals surface area contributed by atoms with Gasteiger partial charge in [0, 0.05) is 18.4 Å². The number of carbonyl (C=O) groups is 1. The van der Waals surface area contributed by atoms with Gasteiger partial charge in [-0.05, 0) is 34.5 Å². The van der Waals surface area contributed by atoms with Crippen LogP contribution < -0.4 is 0 Å². The van der Waals surface area contributed by atoms with Crippen LogP contribution in [0.15, 0.2) is 16.6 Å². The van der Waals surface area contributed by atoms with E-state index in [1.54, 1.807) is 0 Å². The highest BCUT2D eigenvalue weighted by Crippen LogP contribution is 2.22. The van der Waals surface area contributed by atoms with Crippen molar-refractivity contribution in [3.8, 4) is 0 Å². The summed E-state index contributed by atoms with van der Waals surface area (Å²) in [6.07, 6.45) is 8.14. The summed E-state index contributed by atoms with van der Waals surface area (Å²) < 4.78 is 27.5. The van der Waals surface area contributed by atoms with Gasteiger partial charge in [-0.3, -0.25) is 4.79 Å². The molecule has 1 nitrogen and oxygen atoms in total. The molecule has 0 amide bonds. The fraction of sp³-hybridized carbons (Fsp3) is 0.588. The molecule has 0 unspecified atom stereocenters. The molecule has 0 saturated carbocycles. The van der Waals surface area contributed by atoms with Crippen LogP contribution in [0.1, 0.15) is 63.9 Å². The molecule has 1 aromatic carbocycles. The van der Waals surface area contributed by atoms with Crippen molar-refractivity contribution in [1.29, 1.82) is 0 Å². The highest BCUT2D eigenvalue weighted by molar-refractivity contribution is 9.10. The van der Waals surface area contributed by atoms with Crippen molar-refractivity contribution in [2.45, 2.75) is 64.7 Å². The molecule has 4 heteroatoms. The maximum atomic E-state index is 13.7. The van der Waals surface area contributed by atoms with Crippen LogP contribution in [0.3, 0.4) is 0 Å². The molecule has 0 aromatic heterocycles. The largest absolute Gasteiger partial charge is 0.299 e. The van der Waals surface area contributed by atoms with Crippen LogP contribution in [0.25, 0.3) is 0 Å². The second-order valence-corrected chi connectivity index (χ2v) is 6.26. The number of rotatable bonds is 10. The van der Waals surface area contributed by atoms with E-state index in [2.05, 4.69) is 22.9 Å². The molecule has 0 bridgehead atoms. The van der Waals surface area contributed by atoms with Crippen LogP contribution in [0.2, 0.25) is 0 Å². The number of benzene rings is 1. The second kappa shape index (κ2) is 10.0. The van der Waals surface area contributed by atoms with Crippen molar-refractivity contribution in [3.05, 3.63) is 33.8 Å². The number of hydrogen-bond acceptors (Lipinski definition) is 1. The van der Waals surface area contributed by atoms with Crippen LogP contribution in [-0.2, 0) is 11.2 Å². The Morgan fingerprint density at radius 1 is 1.05 bits per heavy atom. The smallest absolute Gasteiger partial charge is 0.143 e. The van der Waals surface area contributed by atoms with Gasteiger partial charge in [0.1, 0.15) is 17.4 Å². The molecule has 0 aliphatic heterocycles. The van der Waals surface area contributed by atoms with Crippen molar-refractivity contribution in [1.82, 2.24) is 0 Å². The lowest BCUT2D eigenvalue weighted by Gasteiger charge is -2.06. The third kappa shape index (κ3) is 6.68. The van der Waals surface area contributed by atoms with Crippen molar-refractivity contribution >= 4 is 21.7 Å². The SMILES string of the molecule is CCCCCCCCCC(=O)Cc1c(F)ccc(Br)c1F. The zero-order valence-corrected chi connectivity index (χ0v) is 14.1. The summed E-state index contributed by atoms with van der Waals surface area (Å²) in [5.74, 6) is -1.41. The number of hydrogen-bond donors (Lipinski definition) is 0. The standard InChI is InChI=1S/C17H23BrF2O/c1-2-3-4-5-6-7-8-9-13(21)12-14-16(19)11-10-15(18)17(14)20/h10-11H,2-9,12H2,1H3. The number of halogens is 3. The number of ketones is 1. The van der Waals surface area contributed by atoms with E-state index in [9.17, 15) is 13.6 Å². The molecule has 0 heterocycles. The lowest BCUT2D eigenvalue weighted by Crippen LogP contribution is -2.07. The van der Waals surface area contributed by atoms with Gasteiger partial charge in [-0.2, -0.15) is 0 Å². The minimum Gasteiger partial charge on any atom is -0.299 e. The summed E-state index contributed by atoms with van der Waals surface area (Å²) in [6, 6.07) is 2.50. The Hall–Kier alpha value is -0.770. The van der Waals surface area contributed by atoms with Gasteiger partial charge >= 0.3 is 0 Å². The van der Waals surface area contributed by atoms with E-state index in [4.69, 9.17) is 0 Å². The topological polar surface area (TPSA) is 17.1 Å². The Morgan fingerprint density at radius 2 is 1.67 bits per heavy atom. The van der Waals surface area contributed by atoms with E-state index in [0.29, 0.717) is 6.42 Å². The molecule has 0 atom stereocenters. The maximum Gasteiger partial charge on any atom is 0.143 e. The Morgan fingerprint density at radius 3 is 2.33 bits per heavy atom. The first-order valence-corrected chi connectivity index (χ1v) is 8.49. The van der Waals surface area contributed by atoms with Gasteiger partial charge in [-0.15, -0.1) is 0 Å². The summed E-state index contributed by atoms with van der Waals surface area (Å²) in [6.45, 7) is 2.18. The predicted octanol–water partition coefficient (Wildman–Crippen LogP) is 5.98. The highest BCUT2D eigenvalue weighted by atomic mass is 79.9. The predicted molar refractivity (Wildman–Crippen MR) is 85.4 cm³/mol. The fourth-order valence-electron chi connectivity index (χ4n) is 2.30. The molecular formula is C17H23BrF2O. The van der Waals surface area contributed by atoms with E-state index < -0.39 is 11.6 Å². The molecule has 0 N–H and O–H groups in total. The Balaban J connectivity index is 2.30. The lowest BCUT2D eigenvalue weighted by atomic mass is 10.0. The van der Waals surface area contributed by atoms with Gasteiger partial charge in [-0.1, -0.05) is 45.4 Å². The minimum absolute atomic E-state index is 0.0977. The molecule has 0 aliphatic carbocycles. The summed E-state index contributed by atoms with van der Waals surface area (Å²) >= 11 is 3.01. The summed E-state index contributed by atoms with van der Waals surface area (Å²) in [5.41, 5.74) is -0.127. The quantitative estimate of drug-likeness (QED) is 0.370. The van der Waals surface area contributed by atoms with E-state index >= 15 is 0 Å². The second-order valence-electron chi connectivity index (χ2n) is 5.41.